The van der Waals surface area contributed by atoms with Crippen LogP contribution >= 0.6 is 0 Å². The van der Waals surface area contributed by atoms with Crippen LogP contribution in [0.5, 0.6) is 0 Å². The highest BCUT2D eigenvalue weighted by Gasteiger charge is 2.21. The average molecular weight is 328 g/mol. The number of ether oxygens (including phenoxy) is 1. The van der Waals surface area contributed by atoms with Crippen molar-refractivity contribution in [1.82, 2.24) is 9.55 Å². The highest BCUT2D eigenvalue weighted by molar-refractivity contribution is 5.88. The highest BCUT2D eigenvalue weighted by Crippen LogP contribution is 2.21. The molecule has 3 rings (SSSR count). The number of hydrogen-bond donors (Lipinski definition) is 2. The van der Waals surface area contributed by atoms with Crippen LogP contribution in [0.1, 0.15) is 29.6 Å². The predicted octanol–water partition coefficient (Wildman–Crippen LogP) is 1.31. The fourth-order valence-corrected chi connectivity index (χ4v) is 2.90. The zero-order chi connectivity index (χ0) is 17.1. The summed E-state index contributed by atoms with van der Waals surface area (Å²) in [5.74, 6) is 0.252. The average Bonchev–Trinajstić information content (AvgIpc) is 3.00. The number of nitrogens with one attached hydrogen (secondary N) is 1. The summed E-state index contributed by atoms with van der Waals surface area (Å²) in [5, 5.41) is 3.35. The van der Waals surface area contributed by atoms with Gasteiger partial charge in [-0.25, -0.2) is 9.78 Å². The van der Waals surface area contributed by atoms with Crippen LogP contribution in [-0.2, 0) is 4.74 Å². The Labute approximate surface area is 139 Å². The summed E-state index contributed by atoms with van der Waals surface area (Å²) in [7, 11) is 1.30. The van der Waals surface area contributed by atoms with E-state index in [-0.39, 0.29) is 11.6 Å². The SMILES string of the molecule is COC(=O)c1ccc(=O)n(-c2ccc(NC3CCC(N)C3)nc2)c1. The molecule has 1 fully saturated rings. The van der Waals surface area contributed by atoms with Gasteiger partial charge in [-0.1, -0.05) is 0 Å². The maximum absolute atomic E-state index is 12.0. The van der Waals surface area contributed by atoms with Gasteiger partial charge in [-0.2, -0.15) is 0 Å². The van der Waals surface area contributed by atoms with Gasteiger partial charge in [0, 0.05) is 24.3 Å². The predicted molar refractivity (Wildman–Crippen MR) is 90.4 cm³/mol. The molecular formula is C17H20N4O3. The first kappa shape index (κ1) is 16.2. The number of methoxy groups -OCH3 is 1. The van der Waals surface area contributed by atoms with Crippen LogP contribution in [0.25, 0.3) is 5.69 Å². The zero-order valence-corrected chi connectivity index (χ0v) is 13.4. The maximum Gasteiger partial charge on any atom is 0.339 e. The summed E-state index contributed by atoms with van der Waals surface area (Å²) in [5.41, 5.74) is 6.55. The molecule has 0 radical (unpaired) electrons. The normalized spacial score (nSPS) is 19.9. The molecule has 1 saturated carbocycles. The third-order valence-corrected chi connectivity index (χ3v) is 4.18. The molecule has 126 valence electrons. The molecule has 2 unspecified atom stereocenters. The summed E-state index contributed by atoms with van der Waals surface area (Å²) in [6.45, 7) is 0. The van der Waals surface area contributed by atoms with E-state index in [1.165, 1.54) is 30.0 Å². The fourth-order valence-electron chi connectivity index (χ4n) is 2.90. The molecule has 1 aliphatic rings. The van der Waals surface area contributed by atoms with Crippen LogP contribution in [0.3, 0.4) is 0 Å². The van der Waals surface area contributed by atoms with Gasteiger partial charge >= 0.3 is 5.97 Å². The Balaban J connectivity index is 1.80. The van der Waals surface area contributed by atoms with E-state index in [4.69, 9.17) is 5.73 Å². The summed E-state index contributed by atoms with van der Waals surface area (Å²) < 4.78 is 6.05. The molecule has 7 nitrogen and oxygen atoms in total. The lowest BCUT2D eigenvalue weighted by Crippen LogP contribution is -2.21. The van der Waals surface area contributed by atoms with Crippen molar-refractivity contribution < 1.29 is 9.53 Å². The molecule has 2 aromatic rings. The van der Waals surface area contributed by atoms with Crippen molar-refractivity contribution in [3.8, 4) is 5.69 Å². The molecule has 3 N–H and O–H groups in total. The van der Waals surface area contributed by atoms with E-state index in [1.54, 1.807) is 12.3 Å². The standard InChI is InChI=1S/C17H20N4O3/c1-24-17(23)11-2-7-16(22)21(10-11)14-5-6-15(19-9-14)20-13-4-3-12(18)8-13/h2,5-7,9-10,12-13H,3-4,8,18H2,1H3,(H,19,20). The molecule has 2 atom stereocenters. The van der Waals surface area contributed by atoms with E-state index in [0.717, 1.165) is 25.1 Å². The minimum absolute atomic E-state index is 0.244. The topological polar surface area (TPSA) is 99.2 Å². The minimum Gasteiger partial charge on any atom is -0.465 e. The third-order valence-electron chi connectivity index (χ3n) is 4.18. The lowest BCUT2D eigenvalue weighted by molar-refractivity contribution is 0.0600. The summed E-state index contributed by atoms with van der Waals surface area (Å²) in [4.78, 5) is 28.0. The largest absolute Gasteiger partial charge is 0.465 e. The summed E-state index contributed by atoms with van der Waals surface area (Å²) >= 11 is 0. The van der Waals surface area contributed by atoms with Gasteiger partial charge in [0.25, 0.3) is 5.56 Å². The van der Waals surface area contributed by atoms with Crippen LogP contribution in [-0.4, -0.2) is 34.7 Å². The van der Waals surface area contributed by atoms with E-state index in [9.17, 15) is 9.59 Å². The molecule has 0 aromatic carbocycles. The Hall–Kier alpha value is -2.67. The molecule has 2 aromatic heterocycles. The molecule has 0 bridgehead atoms. The van der Waals surface area contributed by atoms with Crippen molar-refractivity contribution in [3.05, 3.63) is 52.6 Å². The van der Waals surface area contributed by atoms with Crippen LogP contribution in [0.15, 0.2) is 41.5 Å². The Morgan fingerprint density at radius 1 is 1.33 bits per heavy atom. The van der Waals surface area contributed by atoms with Gasteiger partial charge < -0.3 is 15.8 Å². The monoisotopic (exact) mass is 328 g/mol. The van der Waals surface area contributed by atoms with Crippen LogP contribution in [0.2, 0.25) is 0 Å². The van der Waals surface area contributed by atoms with Crippen LogP contribution in [0.4, 0.5) is 5.82 Å². The van der Waals surface area contributed by atoms with Crippen molar-refractivity contribution in [2.24, 2.45) is 5.73 Å². The Morgan fingerprint density at radius 2 is 2.17 bits per heavy atom. The molecule has 1 aliphatic carbocycles. The number of pyridine rings is 2. The van der Waals surface area contributed by atoms with Crippen molar-refractivity contribution >= 4 is 11.8 Å². The van der Waals surface area contributed by atoms with Crippen molar-refractivity contribution in [3.63, 3.8) is 0 Å². The molecule has 2 heterocycles. The number of rotatable bonds is 4. The van der Waals surface area contributed by atoms with Crippen molar-refractivity contribution in [2.75, 3.05) is 12.4 Å². The second kappa shape index (κ2) is 6.84. The number of nitrogens with two attached hydrogens (primary N) is 1. The first-order valence-electron chi connectivity index (χ1n) is 7.86. The van der Waals surface area contributed by atoms with Gasteiger partial charge in [0.2, 0.25) is 0 Å². The number of anilines is 1. The number of hydrogen-bond acceptors (Lipinski definition) is 6. The van der Waals surface area contributed by atoms with Gasteiger partial charge in [-0.15, -0.1) is 0 Å². The second-order valence-electron chi connectivity index (χ2n) is 5.93. The number of nitrogens with zero attached hydrogens (tertiary/aromatic N) is 2. The highest BCUT2D eigenvalue weighted by atomic mass is 16.5. The lowest BCUT2D eigenvalue weighted by Gasteiger charge is -2.13. The number of carbonyl (C=O) groups is 1. The van der Waals surface area contributed by atoms with Crippen LogP contribution in [0, 0.1) is 0 Å². The van der Waals surface area contributed by atoms with E-state index in [2.05, 4.69) is 15.0 Å². The smallest absolute Gasteiger partial charge is 0.339 e. The summed E-state index contributed by atoms with van der Waals surface area (Å²) in [6.07, 6.45) is 6.04. The molecule has 0 saturated heterocycles. The first-order chi connectivity index (χ1) is 11.6. The zero-order valence-electron chi connectivity index (χ0n) is 13.4. The molecule has 7 heteroatoms. The second-order valence-corrected chi connectivity index (χ2v) is 5.93. The van der Waals surface area contributed by atoms with E-state index < -0.39 is 5.97 Å². The Kier molecular flexibility index (Phi) is 4.61. The molecule has 0 aliphatic heterocycles. The molecule has 0 amide bonds. The molecule has 0 spiro atoms. The van der Waals surface area contributed by atoms with Crippen LogP contribution < -0.4 is 16.6 Å². The number of carbonyl (C=O) groups excluding carboxylic acids is 1. The van der Waals surface area contributed by atoms with E-state index >= 15 is 0 Å². The third kappa shape index (κ3) is 3.46. The van der Waals surface area contributed by atoms with Gasteiger partial charge in [0.1, 0.15) is 5.82 Å². The Bertz CT molecular complexity index is 785. The quantitative estimate of drug-likeness (QED) is 0.821. The number of aromatic nitrogens is 2. The number of esters is 1. The minimum atomic E-state index is -0.493. The van der Waals surface area contributed by atoms with E-state index in [0.29, 0.717) is 17.3 Å². The van der Waals surface area contributed by atoms with Gasteiger partial charge in [-0.05, 0) is 37.5 Å². The van der Waals surface area contributed by atoms with Gasteiger partial charge in [-0.3, -0.25) is 9.36 Å². The van der Waals surface area contributed by atoms with Crippen molar-refractivity contribution in [1.29, 1.82) is 0 Å². The van der Waals surface area contributed by atoms with Gasteiger partial charge in [0.15, 0.2) is 0 Å². The first-order valence-corrected chi connectivity index (χ1v) is 7.86. The Morgan fingerprint density at radius 3 is 2.79 bits per heavy atom. The molecule has 24 heavy (non-hydrogen) atoms. The fraction of sp³-hybridized carbons (Fsp3) is 0.353. The van der Waals surface area contributed by atoms with E-state index in [1.807, 2.05) is 6.07 Å². The summed E-state index contributed by atoms with van der Waals surface area (Å²) in [6, 6.07) is 6.96. The van der Waals surface area contributed by atoms with Gasteiger partial charge in [0.05, 0.1) is 24.6 Å². The molecular weight excluding hydrogens is 308 g/mol. The maximum atomic E-state index is 12.0. The van der Waals surface area contributed by atoms with Crippen molar-refractivity contribution in [2.45, 2.75) is 31.3 Å². The lowest BCUT2D eigenvalue weighted by atomic mass is 10.2.